The van der Waals surface area contributed by atoms with Crippen molar-refractivity contribution in [2.45, 2.75) is 6.17 Å². The molecule has 3 aromatic heterocycles. The largest absolute Gasteiger partial charge is 0.456 e. The van der Waals surface area contributed by atoms with Crippen LogP contribution in [0, 0.1) is 0 Å². The number of hydrogen-bond acceptors (Lipinski definition) is 5. The van der Waals surface area contributed by atoms with Gasteiger partial charge in [-0.3, -0.25) is 0 Å². The molecular formula is C51H32N4OS. The summed E-state index contributed by atoms with van der Waals surface area (Å²) in [6, 6.07) is 64.3. The second-order valence-corrected chi connectivity index (χ2v) is 15.6. The van der Waals surface area contributed by atoms with Crippen LogP contribution in [0.25, 0.3) is 80.7 Å². The van der Waals surface area contributed by atoms with Crippen molar-refractivity contribution in [2.75, 3.05) is 0 Å². The first kappa shape index (κ1) is 32.0. The number of nitrogens with one attached hydrogen (secondary N) is 1. The molecule has 1 atom stereocenters. The van der Waals surface area contributed by atoms with Gasteiger partial charge in [-0.25, -0.2) is 9.98 Å². The van der Waals surface area contributed by atoms with E-state index in [0.29, 0.717) is 5.84 Å². The lowest BCUT2D eigenvalue weighted by Crippen LogP contribution is -2.33. The molecule has 8 aromatic carbocycles. The van der Waals surface area contributed by atoms with Crippen LogP contribution in [0.5, 0.6) is 0 Å². The van der Waals surface area contributed by atoms with E-state index in [1.807, 2.05) is 35.6 Å². The zero-order valence-corrected chi connectivity index (χ0v) is 31.4. The first-order chi connectivity index (χ1) is 28.2. The Balaban J connectivity index is 1.01. The van der Waals surface area contributed by atoms with Crippen molar-refractivity contribution in [2.24, 2.45) is 9.98 Å². The highest BCUT2D eigenvalue weighted by molar-refractivity contribution is 7.26. The highest BCUT2D eigenvalue weighted by Crippen LogP contribution is 2.45. The summed E-state index contributed by atoms with van der Waals surface area (Å²) >= 11 is 1.82. The van der Waals surface area contributed by atoms with E-state index in [1.165, 1.54) is 47.5 Å². The third-order valence-corrected chi connectivity index (χ3v) is 12.4. The lowest BCUT2D eigenvalue weighted by molar-refractivity contribution is 0.668. The van der Waals surface area contributed by atoms with Crippen molar-refractivity contribution in [1.29, 1.82) is 0 Å². The summed E-state index contributed by atoms with van der Waals surface area (Å²) < 4.78 is 11.5. The van der Waals surface area contributed by atoms with Crippen molar-refractivity contribution in [3.05, 3.63) is 199 Å². The molecule has 4 heterocycles. The van der Waals surface area contributed by atoms with Gasteiger partial charge in [0.2, 0.25) is 0 Å². The molecule has 5 nitrogen and oxygen atoms in total. The van der Waals surface area contributed by atoms with Crippen LogP contribution in [-0.2, 0) is 0 Å². The van der Waals surface area contributed by atoms with E-state index >= 15 is 0 Å². The van der Waals surface area contributed by atoms with Crippen LogP contribution in [0.3, 0.4) is 0 Å². The molecule has 12 rings (SSSR count). The Morgan fingerprint density at radius 2 is 1.21 bits per heavy atom. The monoisotopic (exact) mass is 748 g/mol. The molecule has 1 N–H and O–H groups in total. The summed E-state index contributed by atoms with van der Waals surface area (Å²) in [5, 5.41) is 10.8. The predicted molar refractivity (Wildman–Crippen MR) is 238 cm³/mol. The first-order valence-electron chi connectivity index (χ1n) is 19.2. The minimum atomic E-state index is -0.262. The van der Waals surface area contributed by atoms with E-state index in [0.717, 1.165) is 55.7 Å². The van der Waals surface area contributed by atoms with Crippen LogP contribution in [0.2, 0.25) is 0 Å². The van der Waals surface area contributed by atoms with Gasteiger partial charge in [-0.05, 0) is 71.3 Å². The molecule has 0 amide bonds. The number of furan rings is 1. The van der Waals surface area contributed by atoms with Crippen LogP contribution >= 0.6 is 11.3 Å². The average Bonchev–Trinajstić information content (AvgIpc) is 3.96. The average molecular weight is 749 g/mol. The second kappa shape index (κ2) is 12.6. The SMILES string of the molecule is c1ccc(C2=NC(c3ccccc3)NC(c3ccc4sc5cccc(-c6cccc7oc8cc(-n9c%10ccccc%10c%10ccccc%109)ccc8c67)c5c4c3)=N2)cc1. The Bertz CT molecular complexity index is 3390. The van der Waals surface area contributed by atoms with E-state index in [4.69, 9.17) is 14.4 Å². The van der Waals surface area contributed by atoms with Crippen LogP contribution in [0.1, 0.15) is 22.9 Å². The fraction of sp³-hybridized carbons (Fsp3) is 0.0196. The Morgan fingerprint density at radius 3 is 2.00 bits per heavy atom. The number of benzene rings is 8. The topological polar surface area (TPSA) is 54.8 Å². The summed E-state index contributed by atoms with van der Waals surface area (Å²) in [4.78, 5) is 10.2. The number of aliphatic imine (C=N–C) groups is 2. The van der Waals surface area contributed by atoms with Gasteiger partial charge in [0.25, 0.3) is 0 Å². The van der Waals surface area contributed by atoms with Gasteiger partial charge in [0.15, 0.2) is 5.84 Å². The number of rotatable bonds is 5. The minimum absolute atomic E-state index is 0.262. The summed E-state index contributed by atoms with van der Waals surface area (Å²) in [6.45, 7) is 0. The number of hydrogen-bond donors (Lipinski definition) is 1. The molecule has 0 saturated carbocycles. The molecule has 0 spiro atoms. The highest BCUT2D eigenvalue weighted by atomic mass is 32.1. The van der Waals surface area contributed by atoms with Gasteiger partial charge in [-0.15, -0.1) is 11.3 Å². The molecule has 1 aliphatic heterocycles. The molecule has 6 heteroatoms. The van der Waals surface area contributed by atoms with E-state index < -0.39 is 0 Å². The Hall–Kier alpha value is -7.28. The Kier molecular flexibility index (Phi) is 7.09. The fourth-order valence-electron chi connectivity index (χ4n) is 8.70. The third-order valence-electron chi connectivity index (χ3n) is 11.3. The van der Waals surface area contributed by atoms with Crippen LogP contribution < -0.4 is 5.32 Å². The molecule has 11 aromatic rings. The molecule has 0 fully saturated rings. The normalized spacial score (nSPS) is 14.5. The predicted octanol–water partition coefficient (Wildman–Crippen LogP) is 13.2. The molecule has 1 unspecified atom stereocenters. The van der Waals surface area contributed by atoms with Crippen molar-refractivity contribution in [3.63, 3.8) is 0 Å². The quantitative estimate of drug-likeness (QED) is 0.191. The maximum Gasteiger partial charge on any atom is 0.159 e. The Morgan fingerprint density at radius 1 is 0.509 bits per heavy atom. The second-order valence-electron chi connectivity index (χ2n) is 14.6. The van der Waals surface area contributed by atoms with Crippen LogP contribution in [0.15, 0.2) is 196 Å². The maximum absolute atomic E-state index is 6.70. The van der Waals surface area contributed by atoms with Crippen molar-refractivity contribution in [3.8, 4) is 16.8 Å². The molecule has 1 aliphatic rings. The Labute approximate surface area is 331 Å². The number of nitrogens with zero attached hydrogens (tertiary/aromatic N) is 3. The summed E-state index contributed by atoms with van der Waals surface area (Å²) in [6.07, 6.45) is -0.262. The van der Waals surface area contributed by atoms with E-state index in [1.54, 1.807) is 0 Å². The zero-order chi connectivity index (χ0) is 37.5. The van der Waals surface area contributed by atoms with Crippen LogP contribution in [0.4, 0.5) is 0 Å². The zero-order valence-electron chi connectivity index (χ0n) is 30.6. The smallest absolute Gasteiger partial charge is 0.159 e. The number of amidine groups is 2. The van der Waals surface area contributed by atoms with E-state index in [2.05, 4.69) is 168 Å². The number of aromatic nitrogens is 1. The number of para-hydroxylation sites is 2. The van der Waals surface area contributed by atoms with E-state index in [-0.39, 0.29) is 6.17 Å². The first-order valence-corrected chi connectivity index (χ1v) is 20.0. The van der Waals surface area contributed by atoms with Crippen molar-refractivity contribution < 1.29 is 4.42 Å². The summed E-state index contributed by atoms with van der Waals surface area (Å²) in [7, 11) is 0. The standard InChI is InChI=1S/C51H32N4OS/c1-3-13-31(14-4-1)49-52-50(32-15-5-2-6-16-32)54-51(53-49)33-25-28-45-40(29-33)48-38(20-12-24-46(48)57-45)37-19-11-23-43-47(37)39-27-26-34(30-44(39)56-43)55-41-21-9-7-17-35(41)36-18-8-10-22-42(36)55/h1-30,49H,(H,52,53,54). The molecule has 0 radical (unpaired) electrons. The molecule has 57 heavy (non-hydrogen) atoms. The highest BCUT2D eigenvalue weighted by Gasteiger charge is 2.23. The van der Waals surface area contributed by atoms with Gasteiger partial charge < -0.3 is 14.3 Å². The van der Waals surface area contributed by atoms with E-state index in [9.17, 15) is 0 Å². The number of fused-ring (bicyclic) bond motifs is 9. The van der Waals surface area contributed by atoms with Gasteiger partial charge in [-0.2, -0.15) is 0 Å². The molecule has 268 valence electrons. The van der Waals surface area contributed by atoms with Crippen molar-refractivity contribution >= 4 is 86.9 Å². The molecule has 0 aliphatic carbocycles. The van der Waals surface area contributed by atoms with Gasteiger partial charge in [-0.1, -0.05) is 121 Å². The van der Waals surface area contributed by atoms with Crippen molar-refractivity contribution in [1.82, 2.24) is 9.88 Å². The molecule has 0 bridgehead atoms. The van der Waals surface area contributed by atoms with Gasteiger partial charge in [0, 0.05) is 64.6 Å². The van der Waals surface area contributed by atoms with Gasteiger partial charge >= 0.3 is 0 Å². The summed E-state index contributed by atoms with van der Waals surface area (Å²) in [5.41, 5.74) is 10.6. The van der Waals surface area contributed by atoms with Gasteiger partial charge in [0.1, 0.15) is 23.2 Å². The summed E-state index contributed by atoms with van der Waals surface area (Å²) in [5.74, 6) is 1.52. The van der Waals surface area contributed by atoms with Gasteiger partial charge in [0.05, 0.1) is 11.0 Å². The third kappa shape index (κ3) is 5.08. The number of thiophene rings is 1. The molecular weight excluding hydrogens is 717 g/mol. The minimum Gasteiger partial charge on any atom is -0.456 e. The maximum atomic E-state index is 6.70. The van der Waals surface area contributed by atoms with Crippen LogP contribution in [-0.4, -0.2) is 16.2 Å². The fourth-order valence-corrected chi connectivity index (χ4v) is 9.81. The molecule has 0 saturated heterocycles. The lowest BCUT2D eigenvalue weighted by Gasteiger charge is -2.23. The lowest BCUT2D eigenvalue weighted by atomic mass is 9.95.